The molecule has 0 bridgehead atoms. The Labute approximate surface area is 120 Å². The standard InChI is InChI=1S/C16H22N2O2/c1-20-16(19)13-6-7-14(17-10-13)11-18-9-8-12-4-2-3-5-15(12)18/h6-7,10,12,15H,2-5,8-9,11H2,1H3. The third-order valence-corrected chi connectivity index (χ3v) is 4.74. The summed E-state index contributed by atoms with van der Waals surface area (Å²) in [5.74, 6) is 0.579. The van der Waals surface area contributed by atoms with Crippen LogP contribution in [0.15, 0.2) is 18.3 Å². The Hall–Kier alpha value is -1.42. The van der Waals surface area contributed by atoms with Crippen LogP contribution in [0.3, 0.4) is 0 Å². The van der Waals surface area contributed by atoms with E-state index in [1.807, 2.05) is 12.1 Å². The Morgan fingerprint density at radius 1 is 1.35 bits per heavy atom. The molecule has 0 N–H and O–H groups in total. The molecule has 0 aromatic carbocycles. The summed E-state index contributed by atoms with van der Waals surface area (Å²) >= 11 is 0. The fraction of sp³-hybridized carbons (Fsp3) is 0.625. The van der Waals surface area contributed by atoms with Crippen LogP contribution in [0.1, 0.15) is 48.2 Å². The van der Waals surface area contributed by atoms with Gasteiger partial charge >= 0.3 is 5.97 Å². The Morgan fingerprint density at radius 3 is 2.95 bits per heavy atom. The predicted molar refractivity (Wildman–Crippen MR) is 76.3 cm³/mol. The number of carbonyl (C=O) groups is 1. The second-order valence-electron chi connectivity index (χ2n) is 5.90. The van der Waals surface area contributed by atoms with Crippen molar-refractivity contribution in [2.24, 2.45) is 5.92 Å². The van der Waals surface area contributed by atoms with Gasteiger partial charge in [-0.1, -0.05) is 12.8 Å². The molecule has 2 fully saturated rings. The second-order valence-corrected chi connectivity index (χ2v) is 5.90. The summed E-state index contributed by atoms with van der Waals surface area (Å²) < 4.78 is 4.69. The quantitative estimate of drug-likeness (QED) is 0.795. The van der Waals surface area contributed by atoms with Crippen molar-refractivity contribution in [3.8, 4) is 0 Å². The van der Waals surface area contributed by atoms with Gasteiger partial charge in [-0.3, -0.25) is 9.88 Å². The number of aromatic nitrogens is 1. The van der Waals surface area contributed by atoms with Crippen molar-refractivity contribution in [1.82, 2.24) is 9.88 Å². The zero-order valence-electron chi connectivity index (χ0n) is 12.0. The second kappa shape index (κ2) is 5.92. The van der Waals surface area contributed by atoms with Crippen LogP contribution in [0.2, 0.25) is 0 Å². The average molecular weight is 274 g/mol. The van der Waals surface area contributed by atoms with Crippen LogP contribution in [-0.2, 0) is 11.3 Å². The summed E-state index contributed by atoms with van der Waals surface area (Å²) in [6.07, 6.45) is 8.47. The smallest absolute Gasteiger partial charge is 0.339 e. The maximum absolute atomic E-state index is 11.4. The summed E-state index contributed by atoms with van der Waals surface area (Å²) in [6.45, 7) is 2.10. The van der Waals surface area contributed by atoms with Crippen molar-refractivity contribution in [2.75, 3.05) is 13.7 Å². The Bertz CT molecular complexity index is 472. The molecule has 108 valence electrons. The number of ether oxygens (including phenoxy) is 1. The number of nitrogens with zero attached hydrogens (tertiary/aromatic N) is 2. The number of esters is 1. The lowest BCUT2D eigenvalue weighted by Crippen LogP contribution is -2.34. The highest BCUT2D eigenvalue weighted by molar-refractivity contribution is 5.88. The van der Waals surface area contributed by atoms with Crippen molar-refractivity contribution >= 4 is 5.97 Å². The molecule has 20 heavy (non-hydrogen) atoms. The Morgan fingerprint density at radius 2 is 2.20 bits per heavy atom. The summed E-state index contributed by atoms with van der Waals surface area (Å²) in [5, 5.41) is 0. The first-order valence-corrected chi connectivity index (χ1v) is 7.55. The van der Waals surface area contributed by atoms with E-state index in [4.69, 9.17) is 4.74 Å². The van der Waals surface area contributed by atoms with Crippen molar-refractivity contribution < 1.29 is 9.53 Å². The van der Waals surface area contributed by atoms with E-state index < -0.39 is 0 Å². The highest BCUT2D eigenvalue weighted by atomic mass is 16.5. The average Bonchev–Trinajstić information content (AvgIpc) is 2.91. The monoisotopic (exact) mass is 274 g/mol. The summed E-state index contributed by atoms with van der Waals surface area (Å²) in [4.78, 5) is 18.4. The van der Waals surface area contributed by atoms with Gasteiger partial charge in [0.1, 0.15) is 0 Å². The highest BCUT2D eigenvalue weighted by Gasteiger charge is 2.35. The first kappa shape index (κ1) is 13.6. The lowest BCUT2D eigenvalue weighted by molar-refractivity contribution is 0.0600. The minimum Gasteiger partial charge on any atom is -0.465 e. The number of hydrogen-bond donors (Lipinski definition) is 0. The van der Waals surface area contributed by atoms with E-state index in [9.17, 15) is 4.79 Å². The molecule has 4 heteroatoms. The fourth-order valence-corrected chi connectivity index (χ4v) is 3.66. The fourth-order valence-electron chi connectivity index (χ4n) is 3.66. The van der Waals surface area contributed by atoms with Gasteiger partial charge in [0.2, 0.25) is 0 Å². The first-order chi connectivity index (χ1) is 9.78. The third-order valence-electron chi connectivity index (χ3n) is 4.74. The minimum atomic E-state index is -0.322. The molecule has 2 unspecified atom stereocenters. The van der Waals surface area contributed by atoms with Crippen molar-refractivity contribution in [1.29, 1.82) is 0 Å². The van der Waals surface area contributed by atoms with Crippen LogP contribution in [0.4, 0.5) is 0 Å². The summed E-state index contributed by atoms with van der Waals surface area (Å²) in [7, 11) is 1.39. The largest absolute Gasteiger partial charge is 0.465 e. The molecule has 0 amide bonds. The third kappa shape index (κ3) is 2.70. The lowest BCUT2D eigenvalue weighted by atomic mass is 9.85. The topological polar surface area (TPSA) is 42.4 Å². The molecule has 3 rings (SSSR count). The molecule has 2 heterocycles. The molecule has 1 aliphatic carbocycles. The SMILES string of the molecule is COC(=O)c1ccc(CN2CCC3CCCCC32)nc1. The van der Waals surface area contributed by atoms with Crippen LogP contribution in [0.5, 0.6) is 0 Å². The van der Waals surface area contributed by atoms with E-state index in [0.29, 0.717) is 5.56 Å². The molecule has 1 saturated carbocycles. The Balaban J connectivity index is 1.64. The van der Waals surface area contributed by atoms with Gasteiger partial charge in [0.25, 0.3) is 0 Å². The molecule has 2 aliphatic rings. The number of likely N-dealkylation sites (tertiary alicyclic amines) is 1. The van der Waals surface area contributed by atoms with Crippen molar-refractivity contribution in [3.05, 3.63) is 29.6 Å². The summed E-state index contributed by atoms with van der Waals surface area (Å²) in [5.41, 5.74) is 1.57. The maximum atomic E-state index is 11.4. The lowest BCUT2D eigenvalue weighted by Gasteiger charge is -2.31. The summed E-state index contributed by atoms with van der Waals surface area (Å²) in [6, 6.07) is 4.51. The number of carbonyl (C=O) groups excluding carboxylic acids is 1. The molecule has 4 nitrogen and oxygen atoms in total. The van der Waals surface area contributed by atoms with Gasteiger partial charge < -0.3 is 4.74 Å². The van der Waals surface area contributed by atoms with Crippen molar-refractivity contribution in [2.45, 2.75) is 44.7 Å². The highest BCUT2D eigenvalue weighted by Crippen LogP contribution is 2.36. The van der Waals surface area contributed by atoms with Crippen LogP contribution in [0, 0.1) is 5.92 Å². The van der Waals surface area contributed by atoms with Gasteiger partial charge in [0.15, 0.2) is 0 Å². The van der Waals surface area contributed by atoms with Crippen LogP contribution in [0.25, 0.3) is 0 Å². The molecule has 0 radical (unpaired) electrons. The van der Waals surface area contributed by atoms with Gasteiger partial charge in [-0.15, -0.1) is 0 Å². The molecular weight excluding hydrogens is 252 g/mol. The zero-order chi connectivity index (χ0) is 13.9. The van der Waals surface area contributed by atoms with Crippen molar-refractivity contribution in [3.63, 3.8) is 0 Å². The van der Waals surface area contributed by atoms with Crippen LogP contribution < -0.4 is 0 Å². The van der Waals surface area contributed by atoms with Crippen LogP contribution in [-0.4, -0.2) is 35.5 Å². The van der Waals surface area contributed by atoms with Gasteiger partial charge in [0, 0.05) is 18.8 Å². The maximum Gasteiger partial charge on any atom is 0.339 e. The predicted octanol–water partition coefficient (Wildman–Crippen LogP) is 2.63. The molecule has 1 aromatic rings. The number of hydrogen-bond acceptors (Lipinski definition) is 4. The van der Waals surface area contributed by atoms with Gasteiger partial charge in [0.05, 0.1) is 18.4 Å². The van der Waals surface area contributed by atoms with Gasteiger partial charge in [-0.2, -0.15) is 0 Å². The van der Waals surface area contributed by atoms with Gasteiger partial charge in [-0.05, 0) is 43.9 Å². The molecule has 1 saturated heterocycles. The van der Waals surface area contributed by atoms with Gasteiger partial charge in [-0.25, -0.2) is 4.79 Å². The number of pyridine rings is 1. The van der Waals surface area contributed by atoms with Crippen LogP contribution >= 0.6 is 0 Å². The van der Waals surface area contributed by atoms with E-state index in [1.54, 1.807) is 6.20 Å². The first-order valence-electron chi connectivity index (χ1n) is 7.55. The van der Waals surface area contributed by atoms with E-state index in [0.717, 1.165) is 24.2 Å². The Kier molecular flexibility index (Phi) is 4.01. The van der Waals surface area contributed by atoms with E-state index in [1.165, 1.54) is 45.8 Å². The number of rotatable bonds is 3. The minimum absolute atomic E-state index is 0.322. The molecule has 1 aliphatic heterocycles. The molecule has 0 spiro atoms. The number of fused-ring (bicyclic) bond motifs is 1. The van der Waals surface area contributed by atoms with E-state index in [-0.39, 0.29) is 5.97 Å². The molecule has 2 atom stereocenters. The van der Waals surface area contributed by atoms with E-state index in [2.05, 4.69) is 9.88 Å². The molecular formula is C16H22N2O2. The molecule has 1 aromatic heterocycles. The zero-order valence-corrected chi connectivity index (χ0v) is 12.0. The number of methoxy groups -OCH3 is 1. The van der Waals surface area contributed by atoms with E-state index >= 15 is 0 Å². The normalized spacial score (nSPS) is 26.2.